The lowest BCUT2D eigenvalue weighted by Crippen LogP contribution is -2.30. The predicted molar refractivity (Wildman–Crippen MR) is 353 cm³/mol. The molecule has 0 aromatic carbocycles. The maximum absolute atomic E-state index is 12.9. The third-order valence-electron chi connectivity index (χ3n) is 14.7. The molecule has 0 heterocycles. The van der Waals surface area contributed by atoms with Gasteiger partial charge in [-0.05, 0) is 122 Å². The minimum atomic E-state index is -0.784. The maximum atomic E-state index is 12.9. The van der Waals surface area contributed by atoms with Crippen molar-refractivity contribution >= 4 is 17.9 Å². The molecule has 81 heavy (non-hydrogen) atoms. The topological polar surface area (TPSA) is 78.9 Å². The Bertz CT molecular complexity index is 1620. The number of carbonyl (C=O) groups is 3. The molecule has 0 amide bonds. The van der Waals surface area contributed by atoms with Crippen LogP contribution in [0.4, 0.5) is 0 Å². The van der Waals surface area contributed by atoms with Crippen molar-refractivity contribution in [3.63, 3.8) is 0 Å². The molecule has 0 aliphatic carbocycles. The summed E-state index contributed by atoms with van der Waals surface area (Å²) in [6.45, 7) is 6.50. The molecule has 0 saturated carbocycles. The van der Waals surface area contributed by atoms with Gasteiger partial charge in [-0.25, -0.2) is 0 Å². The molecule has 0 bridgehead atoms. The highest BCUT2D eigenvalue weighted by atomic mass is 16.6. The van der Waals surface area contributed by atoms with Crippen LogP contribution in [0.5, 0.6) is 0 Å². The van der Waals surface area contributed by atoms with Crippen molar-refractivity contribution in [2.45, 2.75) is 335 Å². The second kappa shape index (κ2) is 68.6. The molecule has 464 valence electrons. The summed E-state index contributed by atoms with van der Waals surface area (Å²) >= 11 is 0. The van der Waals surface area contributed by atoms with Gasteiger partial charge in [0.2, 0.25) is 0 Å². The lowest BCUT2D eigenvalue weighted by atomic mass is 10.0. The third kappa shape index (κ3) is 66.8. The van der Waals surface area contributed by atoms with Gasteiger partial charge in [0.05, 0.1) is 0 Å². The number of rotatable bonds is 62. The third-order valence-corrected chi connectivity index (χ3v) is 14.7. The molecule has 0 fully saturated rings. The Morgan fingerprint density at radius 2 is 0.494 bits per heavy atom. The molecule has 0 rings (SSSR count). The smallest absolute Gasteiger partial charge is 0.306 e. The monoisotopic (exact) mass is 1120 g/mol. The van der Waals surface area contributed by atoms with Gasteiger partial charge in [-0.3, -0.25) is 14.4 Å². The van der Waals surface area contributed by atoms with E-state index < -0.39 is 6.10 Å². The van der Waals surface area contributed by atoms with E-state index in [1.54, 1.807) is 0 Å². The molecular formula is C75H128O6. The van der Waals surface area contributed by atoms with Gasteiger partial charge in [0, 0.05) is 19.3 Å². The standard InChI is InChI=1S/C75H128O6/c1-4-7-10-13-16-19-22-24-26-28-29-30-31-32-33-34-35-36-37-38-39-40-41-42-43-44-45-47-48-50-53-56-59-62-65-68-74(77)80-71-72(70-79-73(76)67-64-61-58-55-52-21-18-15-12-9-6-3)81-75(78)69-66-63-60-57-54-51-49-46-27-25-23-20-17-14-11-8-5-2/h7,10,15-16,18-19,24-27,29-30,32-33,35-36,38-39,72H,4-6,8-9,11-14,17,20-23,28,31,34,37,40-71H2,1-3H3/b10-7-,18-15-,19-16-,26-24-,27-25-,30-29-,33-32-,36-35-,39-38-. The zero-order chi connectivity index (χ0) is 58.5. The summed E-state index contributed by atoms with van der Waals surface area (Å²) in [7, 11) is 0. The largest absolute Gasteiger partial charge is 0.462 e. The first kappa shape index (κ1) is 77.1. The molecule has 0 aromatic rings. The summed E-state index contributed by atoms with van der Waals surface area (Å²) in [4.78, 5) is 38.3. The van der Waals surface area contributed by atoms with Gasteiger partial charge in [0.25, 0.3) is 0 Å². The highest BCUT2D eigenvalue weighted by Crippen LogP contribution is 2.16. The van der Waals surface area contributed by atoms with Crippen molar-refractivity contribution in [1.82, 2.24) is 0 Å². The maximum Gasteiger partial charge on any atom is 0.306 e. The number of esters is 3. The first-order valence-electron chi connectivity index (χ1n) is 34.4. The van der Waals surface area contributed by atoms with Crippen molar-refractivity contribution in [1.29, 1.82) is 0 Å². The minimum Gasteiger partial charge on any atom is -0.462 e. The van der Waals surface area contributed by atoms with E-state index in [1.807, 2.05) is 0 Å². The average Bonchev–Trinajstić information content (AvgIpc) is 3.47. The fourth-order valence-electron chi connectivity index (χ4n) is 9.58. The minimum absolute atomic E-state index is 0.0807. The number of carbonyl (C=O) groups excluding carboxylic acids is 3. The van der Waals surface area contributed by atoms with Gasteiger partial charge in [0.15, 0.2) is 6.10 Å². The van der Waals surface area contributed by atoms with Gasteiger partial charge in [0.1, 0.15) is 13.2 Å². The summed E-state index contributed by atoms with van der Waals surface area (Å²) in [5, 5.41) is 0. The van der Waals surface area contributed by atoms with E-state index in [9.17, 15) is 14.4 Å². The molecule has 0 spiro atoms. The zero-order valence-corrected chi connectivity index (χ0v) is 53.3. The first-order chi connectivity index (χ1) is 40.0. The van der Waals surface area contributed by atoms with E-state index >= 15 is 0 Å². The van der Waals surface area contributed by atoms with Gasteiger partial charge >= 0.3 is 17.9 Å². The van der Waals surface area contributed by atoms with E-state index in [0.717, 1.165) is 109 Å². The molecule has 0 saturated heterocycles. The molecule has 1 atom stereocenters. The highest BCUT2D eigenvalue weighted by Gasteiger charge is 2.19. The Labute approximate surface area is 501 Å². The number of unbranched alkanes of at least 4 members (excludes halogenated alkanes) is 33. The summed E-state index contributed by atoms with van der Waals surface area (Å²) in [6, 6.07) is 0. The average molecular weight is 1130 g/mol. The quantitative estimate of drug-likeness (QED) is 0.0261. The number of allylic oxidation sites excluding steroid dienone is 18. The Morgan fingerprint density at radius 3 is 0.802 bits per heavy atom. The van der Waals surface area contributed by atoms with Crippen molar-refractivity contribution in [3.05, 3.63) is 109 Å². The molecule has 0 N–H and O–H groups in total. The van der Waals surface area contributed by atoms with Crippen molar-refractivity contribution < 1.29 is 28.6 Å². The Kier molecular flexibility index (Phi) is 65.2. The van der Waals surface area contributed by atoms with Crippen LogP contribution in [-0.2, 0) is 28.6 Å². The molecular weight excluding hydrogens is 997 g/mol. The summed E-state index contributed by atoms with van der Waals surface area (Å²) in [5.41, 5.74) is 0. The van der Waals surface area contributed by atoms with Crippen LogP contribution in [0.15, 0.2) is 109 Å². The molecule has 0 aliphatic rings. The van der Waals surface area contributed by atoms with Crippen LogP contribution in [0.3, 0.4) is 0 Å². The van der Waals surface area contributed by atoms with Crippen LogP contribution >= 0.6 is 0 Å². The van der Waals surface area contributed by atoms with Crippen molar-refractivity contribution in [2.75, 3.05) is 13.2 Å². The molecule has 0 aromatic heterocycles. The SMILES string of the molecule is CC/C=C\C/C=C\C/C=C\C/C=C\C/C=C\C/C=C\C/C=C\CCCCCCCCCCCCCCCC(=O)OCC(COC(=O)CCCCCCC/C=C\CCCC)OC(=O)CCCCCCCCC/C=C\CCCCCCCC. The van der Waals surface area contributed by atoms with Gasteiger partial charge in [-0.2, -0.15) is 0 Å². The van der Waals surface area contributed by atoms with Gasteiger partial charge in [-0.15, -0.1) is 0 Å². The van der Waals surface area contributed by atoms with Crippen LogP contribution in [0, 0.1) is 0 Å². The highest BCUT2D eigenvalue weighted by molar-refractivity contribution is 5.71. The lowest BCUT2D eigenvalue weighted by molar-refractivity contribution is -0.167. The van der Waals surface area contributed by atoms with E-state index in [2.05, 4.69) is 130 Å². The van der Waals surface area contributed by atoms with Gasteiger partial charge < -0.3 is 14.2 Å². The summed E-state index contributed by atoms with van der Waals surface area (Å²) < 4.78 is 16.9. The van der Waals surface area contributed by atoms with Crippen LogP contribution < -0.4 is 0 Å². The summed E-state index contributed by atoms with van der Waals surface area (Å²) in [5.74, 6) is -0.885. The Balaban J connectivity index is 4.16. The lowest BCUT2D eigenvalue weighted by Gasteiger charge is -2.18. The Morgan fingerprint density at radius 1 is 0.259 bits per heavy atom. The van der Waals surface area contributed by atoms with E-state index in [-0.39, 0.29) is 31.1 Å². The number of hydrogen-bond acceptors (Lipinski definition) is 6. The number of ether oxygens (including phenoxy) is 3. The second-order valence-corrected chi connectivity index (χ2v) is 22.7. The Hall–Kier alpha value is -3.93. The normalized spacial score (nSPS) is 12.8. The van der Waals surface area contributed by atoms with Crippen LogP contribution in [0.1, 0.15) is 329 Å². The molecule has 1 unspecified atom stereocenters. The van der Waals surface area contributed by atoms with Gasteiger partial charge in [-0.1, -0.05) is 297 Å². The number of hydrogen-bond donors (Lipinski definition) is 0. The fourth-order valence-corrected chi connectivity index (χ4v) is 9.58. The zero-order valence-electron chi connectivity index (χ0n) is 53.3. The molecule has 6 heteroatoms. The van der Waals surface area contributed by atoms with Crippen molar-refractivity contribution in [3.8, 4) is 0 Å². The van der Waals surface area contributed by atoms with E-state index in [4.69, 9.17) is 14.2 Å². The first-order valence-corrected chi connectivity index (χ1v) is 34.4. The second-order valence-electron chi connectivity index (χ2n) is 22.7. The fraction of sp³-hybridized carbons (Fsp3) is 0.720. The van der Waals surface area contributed by atoms with E-state index in [1.165, 1.54) is 180 Å². The molecule has 0 aliphatic heterocycles. The van der Waals surface area contributed by atoms with Crippen LogP contribution in [-0.4, -0.2) is 37.2 Å². The van der Waals surface area contributed by atoms with Crippen molar-refractivity contribution in [2.24, 2.45) is 0 Å². The van der Waals surface area contributed by atoms with E-state index in [0.29, 0.717) is 19.3 Å². The summed E-state index contributed by atoms with van der Waals surface area (Å²) in [6.07, 6.45) is 94.0. The van der Waals surface area contributed by atoms with Crippen LogP contribution in [0.25, 0.3) is 0 Å². The molecule has 0 radical (unpaired) electrons. The van der Waals surface area contributed by atoms with Crippen LogP contribution in [0.2, 0.25) is 0 Å². The molecule has 6 nitrogen and oxygen atoms in total. The predicted octanol–water partition coefficient (Wildman–Crippen LogP) is 23.8.